The molecule has 2 aliphatic heterocycles. The lowest BCUT2D eigenvalue weighted by molar-refractivity contribution is -0.138. The molecule has 1 saturated heterocycles. The number of hydrogen-bond donors (Lipinski definition) is 1. The summed E-state index contributed by atoms with van der Waals surface area (Å²) >= 11 is 3.43. The van der Waals surface area contributed by atoms with Crippen molar-refractivity contribution in [2.24, 2.45) is 5.41 Å². The van der Waals surface area contributed by atoms with Crippen molar-refractivity contribution in [2.45, 2.75) is 64.8 Å². The van der Waals surface area contributed by atoms with Crippen molar-refractivity contribution < 1.29 is 19.1 Å². The van der Waals surface area contributed by atoms with Gasteiger partial charge in [0, 0.05) is 60.4 Å². The molecule has 1 aromatic carbocycles. The molecular formula is C34H37BrN8O4. The van der Waals surface area contributed by atoms with E-state index in [0.717, 1.165) is 49.0 Å². The van der Waals surface area contributed by atoms with Crippen LogP contribution in [0, 0.1) is 12.3 Å². The molecule has 3 aromatic heterocycles. The van der Waals surface area contributed by atoms with Crippen LogP contribution in [0.25, 0.3) is 22.0 Å². The highest BCUT2D eigenvalue weighted by Crippen LogP contribution is 2.60. The van der Waals surface area contributed by atoms with Crippen LogP contribution in [-0.2, 0) is 27.5 Å². The number of nitrogens with zero attached hydrogens (tertiary/aromatic N) is 7. The number of carbonyl (C=O) groups is 3. The van der Waals surface area contributed by atoms with Crippen molar-refractivity contribution >= 4 is 50.2 Å². The number of ketones is 1. The second-order valence-electron chi connectivity index (χ2n) is 13.0. The molecule has 2 amide bonds. The van der Waals surface area contributed by atoms with Gasteiger partial charge in [-0.05, 0) is 85.9 Å². The quantitative estimate of drug-likeness (QED) is 0.243. The SMILES string of the molecule is CC(=O)c1nn(CC(=O)N2[C@H]3C[C@]4(C[C@@H]24)CN(C)CCCCOCc2ccc(Br)nc2NC3=O)c2ccc(-c3cnc(C)nc3)cc12. The van der Waals surface area contributed by atoms with Crippen molar-refractivity contribution in [1.29, 1.82) is 0 Å². The molecule has 0 unspecified atom stereocenters. The van der Waals surface area contributed by atoms with Crippen LogP contribution >= 0.6 is 15.9 Å². The summed E-state index contributed by atoms with van der Waals surface area (Å²) in [5, 5.41) is 8.29. The van der Waals surface area contributed by atoms with Gasteiger partial charge in [-0.1, -0.05) is 12.1 Å². The number of aryl methyl sites for hydroxylation is 1. The Labute approximate surface area is 281 Å². The predicted octanol–water partition coefficient (Wildman–Crippen LogP) is 4.40. The minimum absolute atomic E-state index is 0.0541. The van der Waals surface area contributed by atoms with Gasteiger partial charge in [0.15, 0.2) is 5.78 Å². The van der Waals surface area contributed by atoms with Crippen LogP contribution in [0.4, 0.5) is 5.82 Å². The van der Waals surface area contributed by atoms with Crippen molar-refractivity contribution in [3.8, 4) is 11.1 Å². The number of amides is 2. The third-order valence-corrected chi connectivity index (χ3v) is 10.0. The summed E-state index contributed by atoms with van der Waals surface area (Å²) in [5.41, 5.74) is 3.24. The number of carbonyl (C=O) groups excluding carboxylic acids is 3. The van der Waals surface area contributed by atoms with E-state index in [0.29, 0.717) is 46.8 Å². The van der Waals surface area contributed by atoms with Crippen LogP contribution in [0.3, 0.4) is 0 Å². The monoisotopic (exact) mass is 700 g/mol. The van der Waals surface area contributed by atoms with E-state index in [1.165, 1.54) is 6.92 Å². The average molecular weight is 702 g/mol. The fourth-order valence-corrected chi connectivity index (χ4v) is 7.51. The first-order chi connectivity index (χ1) is 22.6. The Kier molecular flexibility index (Phi) is 8.39. The molecule has 47 heavy (non-hydrogen) atoms. The molecule has 4 aromatic rings. The normalized spacial score (nSPS) is 23.4. The molecule has 1 saturated carbocycles. The summed E-state index contributed by atoms with van der Waals surface area (Å²) in [7, 11) is 2.11. The number of benzene rings is 1. The molecule has 2 fully saturated rings. The van der Waals surface area contributed by atoms with Gasteiger partial charge in [-0.25, -0.2) is 15.0 Å². The number of ether oxygens (including phenoxy) is 1. The molecule has 3 atom stereocenters. The number of aromatic nitrogens is 5. The summed E-state index contributed by atoms with van der Waals surface area (Å²) in [4.78, 5) is 58.2. The molecule has 13 heteroatoms. The highest BCUT2D eigenvalue weighted by Gasteiger charge is 2.67. The third kappa shape index (κ3) is 6.19. The number of halogens is 1. The fraction of sp³-hybridized carbons (Fsp3) is 0.441. The van der Waals surface area contributed by atoms with E-state index in [-0.39, 0.29) is 41.3 Å². The van der Waals surface area contributed by atoms with Gasteiger partial charge in [-0.15, -0.1) is 0 Å². The van der Waals surface area contributed by atoms with Crippen LogP contribution < -0.4 is 5.32 Å². The van der Waals surface area contributed by atoms with E-state index in [1.807, 2.05) is 37.3 Å². The molecule has 1 aliphatic carbocycles. The maximum atomic E-state index is 14.3. The number of fused-ring (bicyclic) bond motifs is 3. The van der Waals surface area contributed by atoms with Crippen LogP contribution in [0.15, 0.2) is 47.3 Å². The zero-order valence-electron chi connectivity index (χ0n) is 26.7. The van der Waals surface area contributed by atoms with Crippen LogP contribution in [-0.4, -0.2) is 91.0 Å². The van der Waals surface area contributed by atoms with Gasteiger partial charge in [-0.3, -0.25) is 19.1 Å². The second kappa shape index (κ2) is 12.5. The molecule has 1 N–H and O–H groups in total. The molecule has 0 radical (unpaired) electrons. The smallest absolute Gasteiger partial charge is 0.248 e. The number of piperidine rings is 1. The van der Waals surface area contributed by atoms with Crippen molar-refractivity contribution in [3.63, 3.8) is 0 Å². The summed E-state index contributed by atoms with van der Waals surface area (Å²) in [6, 6.07) is 8.67. The lowest BCUT2D eigenvalue weighted by Gasteiger charge is -2.27. The number of nitrogens with one attached hydrogen (secondary N) is 1. The van der Waals surface area contributed by atoms with E-state index in [1.54, 1.807) is 22.0 Å². The number of likely N-dealkylation sites (tertiary alicyclic amines) is 1. The molecule has 7 rings (SSSR count). The molecule has 12 nitrogen and oxygen atoms in total. The predicted molar refractivity (Wildman–Crippen MR) is 179 cm³/mol. The van der Waals surface area contributed by atoms with E-state index in [4.69, 9.17) is 4.74 Å². The molecule has 2 bridgehead atoms. The van der Waals surface area contributed by atoms with E-state index < -0.39 is 6.04 Å². The Bertz CT molecular complexity index is 1880. The number of hydrogen-bond acceptors (Lipinski definition) is 9. The number of Topliss-reactive ketones (excluding diaryl/α,β-unsaturated/α-hetero) is 1. The standard InChI is InChI=1S/C34H37BrN8O4/c1-20(44)31-25-12-22(24-15-36-21(2)37-16-24)6-8-26(25)42(40-31)17-30(45)43-27-13-34(14-28(34)43)19-41(3)10-4-5-11-47-18-23-7-9-29(35)38-32(23)39-33(27)46/h6-9,12,15-16,27-28H,4-5,10-11,13-14,17-19H2,1-3H3,(H,38,39,46)/t27-,28+,34-/m0/s1. The maximum absolute atomic E-state index is 14.3. The first-order valence-electron chi connectivity index (χ1n) is 16.0. The number of pyridine rings is 1. The Morgan fingerprint density at radius 3 is 2.70 bits per heavy atom. The topological polar surface area (TPSA) is 135 Å². The van der Waals surface area contributed by atoms with Crippen molar-refractivity contribution in [2.75, 3.05) is 32.1 Å². The van der Waals surface area contributed by atoms with Gasteiger partial charge >= 0.3 is 0 Å². The molecule has 244 valence electrons. The zero-order valence-corrected chi connectivity index (χ0v) is 28.3. The first-order valence-corrected chi connectivity index (χ1v) is 16.8. The highest BCUT2D eigenvalue weighted by atomic mass is 79.9. The largest absolute Gasteiger partial charge is 0.377 e. The van der Waals surface area contributed by atoms with Gasteiger partial charge in [-0.2, -0.15) is 5.10 Å². The zero-order chi connectivity index (χ0) is 32.9. The van der Waals surface area contributed by atoms with Gasteiger partial charge in [0.25, 0.3) is 0 Å². The summed E-state index contributed by atoms with van der Waals surface area (Å²) < 4.78 is 8.11. The minimum Gasteiger partial charge on any atom is -0.377 e. The first kappa shape index (κ1) is 31.5. The molecule has 1 spiro atoms. The van der Waals surface area contributed by atoms with E-state index in [2.05, 4.69) is 53.2 Å². The van der Waals surface area contributed by atoms with Crippen LogP contribution in [0.5, 0.6) is 0 Å². The van der Waals surface area contributed by atoms with Gasteiger partial charge < -0.3 is 19.9 Å². The van der Waals surface area contributed by atoms with Crippen molar-refractivity contribution in [1.82, 2.24) is 34.5 Å². The van der Waals surface area contributed by atoms with E-state index >= 15 is 0 Å². The maximum Gasteiger partial charge on any atom is 0.248 e. The Hall–Kier alpha value is -4.07. The fourth-order valence-electron chi connectivity index (χ4n) is 7.20. The Morgan fingerprint density at radius 2 is 1.91 bits per heavy atom. The number of anilines is 1. The number of rotatable bonds is 4. The molecule has 3 aliphatic rings. The summed E-state index contributed by atoms with van der Waals surface area (Å²) in [5.74, 6) is 0.420. The summed E-state index contributed by atoms with van der Waals surface area (Å²) in [6.45, 7) is 5.87. The Balaban J connectivity index is 1.20. The lowest BCUT2D eigenvalue weighted by atomic mass is 9.98. The third-order valence-electron chi connectivity index (χ3n) is 9.60. The molecular weight excluding hydrogens is 664 g/mol. The van der Waals surface area contributed by atoms with Gasteiger partial charge in [0.2, 0.25) is 11.8 Å². The summed E-state index contributed by atoms with van der Waals surface area (Å²) in [6.07, 6.45) is 6.83. The molecule has 5 heterocycles. The van der Waals surface area contributed by atoms with Gasteiger partial charge in [0.1, 0.15) is 34.5 Å². The lowest BCUT2D eigenvalue weighted by Crippen LogP contribution is -2.47. The van der Waals surface area contributed by atoms with Crippen LogP contribution in [0.2, 0.25) is 0 Å². The Morgan fingerprint density at radius 1 is 1.11 bits per heavy atom. The second-order valence-corrected chi connectivity index (χ2v) is 13.9. The van der Waals surface area contributed by atoms with Gasteiger partial charge in [0.05, 0.1) is 12.1 Å². The van der Waals surface area contributed by atoms with E-state index in [9.17, 15) is 14.4 Å². The average Bonchev–Trinajstić information content (AvgIpc) is 3.44. The van der Waals surface area contributed by atoms with Crippen LogP contribution in [0.1, 0.15) is 54.5 Å². The van der Waals surface area contributed by atoms with Crippen molar-refractivity contribution in [3.05, 3.63) is 64.4 Å². The highest BCUT2D eigenvalue weighted by molar-refractivity contribution is 9.10. The minimum atomic E-state index is -0.670.